The van der Waals surface area contributed by atoms with Crippen molar-refractivity contribution in [2.45, 2.75) is 13.8 Å². The molecule has 0 spiro atoms. The number of hydrogen-bond donors (Lipinski definition) is 1. The second-order valence-electron chi connectivity index (χ2n) is 6.52. The highest BCUT2D eigenvalue weighted by molar-refractivity contribution is 6.35. The fraction of sp³-hybridized carbons (Fsp3) is 0.278. The lowest BCUT2D eigenvalue weighted by Gasteiger charge is -2.19. The Morgan fingerprint density at radius 2 is 1.62 bits per heavy atom. The fourth-order valence-corrected chi connectivity index (χ4v) is 2.82. The van der Waals surface area contributed by atoms with E-state index in [2.05, 4.69) is 19.2 Å². The number of fused-ring (bicyclic) bond motifs is 1. The Kier molecular flexibility index (Phi) is 4.61. The molecule has 24 heavy (non-hydrogen) atoms. The molecule has 6 heteroatoms. The number of benzene rings is 2. The Balaban J connectivity index is 1.80. The summed E-state index contributed by atoms with van der Waals surface area (Å²) in [7, 11) is 0. The molecule has 0 saturated heterocycles. The van der Waals surface area contributed by atoms with E-state index in [9.17, 15) is 4.79 Å². The first-order valence-electron chi connectivity index (χ1n) is 7.49. The van der Waals surface area contributed by atoms with Gasteiger partial charge >= 0.3 is 0 Å². The summed E-state index contributed by atoms with van der Waals surface area (Å²) in [5, 5.41) is 3.69. The average molecular weight is 366 g/mol. The molecule has 2 aromatic rings. The average Bonchev–Trinajstić information content (AvgIpc) is 2.65. The monoisotopic (exact) mass is 365 g/mol. The van der Waals surface area contributed by atoms with Crippen molar-refractivity contribution in [1.82, 2.24) is 0 Å². The van der Waals surface area contributed by atoms with Crippen molar-refractivity contribution in [1.29, 1.82) is 0 Å². The lowest BCUT2D eigenvalue weighted by molar-refractivity contribution is 0.102. The van der Waals surface area contributed by atoms with Crippen molar-refractivity contribution in [3.05, 3.63) is 52.0 Å². The van der Waals surface area contributed by atoms with Gasteiger partial charge in [0.2, 0.25) is 0 Å². The van der Waals surface area contributed by atoms with Gasteiger partial charge in [0.15, 0.2) is 11.5 Å². The second kappa shape index (κ2) is 6.54. The van der Waals surface area contributed by atoms with E-state index >= 15 is 0 Å². The predicted octanol–water partition coefficient (Wildman–Crippen LogP) is 5.04. The van der Waals surface area contributed by atoms with Crippen LogP contribution in [-0.2, 0) is 0 Å². The van der Waals surface area contributed by atoms with Gasteiger partial charge in [-0.1, -0.05) is 37.0 Å². The van der Waals surface area contributed by atoms with Gasteiger partial charge in [-0.2, -0.15) is 0 Å². The van der Waals surface area contributed by atoms with E-state index in [0.29, 0.717) is 46.0 Å². The van der Waals surface area contributed by atoms with Crippen LogP contribution in [0.25, 0.3) is 0 Å². The smallest absolute Gasteiger partial charge is 0.255 e. The maximum atomic E-state index is 12.4. The zero-order valence-corrected chi connectivity index (χ0v) is 14.9. The van der Waals surface area contributed by atoms with Crippen molar-refractivity contribution in [3.8, 4) is 11.5 Å². The zero-order valence-electron chi connectivity index (χ0n) is 13.4. The van der Waals surface area contributed by atoms with Gasteiger partial charge in [0.1, 0.15) is 0 Å². The van der Waals surface area contributed by atoms with E-state index in [1.165, 1.54) is 0 Å². The highest BCUT2D eigenvalue weighted by atomic mass is 35.5. The molecule has 0 radical (unpaired) electrons. The highest BCUT2D eigenvalue weighted by Crippen LogP contribution is 2.34. The first-order valence-corrected chi connectivity index (χ1v) is 8.25. The highest BCUT2D eigenvalue weighted by Gasteiger charge is 2.25. The van der Waals surface area contributed by atoms with Gasteiger partial charge in [-0.25, -0.2) is 0 Å². The van der Waals surface area contributed by atoms with E-state index in [0.717, 1.165) is 0 Å². The minimum Gasteiger partial charge on any atom is -0.489 e. The zero-order chi connectivity index (χ0) is 17.3. The number of anilines is 1. The van der Waals surface area contributed by atoms with Crippen LogP contribution in [-0.4, -0.2) is 19.1 Å². The largest absolute Gasteiger partial charge is 0.489 e. The normalized spacial score (nSPS) is 15.5. The van der Waals surface area contributed by atoms with Crippen molar-refractivity contribution in [2.24, 2.45) is 5.41 Å². The molecule has 1 aliphatic heterocycles. The molecule has 2 aromatic carbocycles. The maximum Gasteiger partial charge on any atom is 0.255 e. The molecule has 0 atom stereocenters. The van der Waals surface area contributed by atoms with Crippen LogP contribution in [0.2, 0.25) is 10.0 Å². The Hall–Kier alpha value is -1.91. The number of amides is 1. The van der Waals surface area contributed by atoms with Crippen LogP contribution in [0.3, 0.4) is 0 Å². The summed E-state index contributed by atoms with van der Waals surface area (Å²) in [6, 6.07) is 10.00. The van der Waals surface area contributed by atoms with E-state index < -0.39 is 0 Å². The Morgan fingerprint density at radius 1 is 1.00 bits per heavy atom. The van der Waals surface area contributed by atoms with Crippen LogP contribution in [0.5, 0.6) is 11.5 Å². The molecule has 0 aromatic heterocycles. The molecule has 0 fully saturated rings. The molecule has 1 N–H and O–H groups in total. The molecule has 3 rings (SSSR count). The van der Waals surface area contributed by atoms with E-state index in [1.807, 2.05) is 0 Å². The first-order chi connectivity index (χ1) is 11.3. The number of carbonyl (C=O) groups excluding carboxylic acids is 1. The van der Waals surface area contributed by atoms with Gasteiger partial charge in [-0.3, -0.25) is 4.79 Å². The van der Waals surface area contributed by atoms with Crippen molar-refractivity contribution < 1.29 is 14.3 Å². The minimum atomic E-state index is -0.275. The van der Waals surface area contributed by atoms with Crippen LogP contribution in [0, 0.1) is 5.41 Å². The van der Waals surface area contributed by atoms with Gasteiger partial charge in [0, 0.05) is 26.7 Å². The number of halogens is 2. The third-order valence-electron chi connectivity index (χ3n) is 3.56. The molecule has 126 valence electrons. The summed E-state index contributed by atoms with van der Waals surface area (Å²) in [4.78, 5) is 12.4. The number of ether oxygens (including phenoxy) is 2. The number of nitrogens with one attached hydrogen (secondary N) is 1. The molecule has 1 aliphatic rings. The summed E-state index contributed by atoms with van der Waals surface area (Å²) in [6.07, 6.45) is 0. The van der Waals surface area contributed by atoms with E-state index in [-0.39, 0.29) is 11.3 Å². The summed E-state index contributed by atoms with van der Waals surface area (Å²) in [5.74, 6) is 0.934. The molecular weight excluding hydrogens is 349 g/mol. The van der Waals surface area contributed by atoms with Gasteiger partial charge in [-0.15, -0.1) is 0 Å². The molecule has 0 bridgehead atoms. The molecular formula is C18H17Cl2NO3. The molecule has 0 unspecified atom stereocenters. The standard InChI is InChI=1S/C18H17Cl2NO3/c1-18(2)9-23-15-4-3-11(5-16(15)24-10-18)17(22)21-14-7-12(19)6-13(20)8-14/h3-8H,9-10H2,1-2H3,(H,21,22). The van der Waals surface area contributed by atoms with Crippen LogP contribution in [0.1, 0.15) is 24.2 Å². The summed E-state index contributed by atoms with van der Waals surface area (Å²) < 4.78 is 11.6. The van der Waals surface area contributed by atoms with Gasteiger partial charge < -0.3 is 14.8 Å². The second-order valence-corrected chi connectivity index (χ2v) is 7.39. The van der Waals surface area contributed by atoms with Gasteiger partial charge in [0.05, 0.1) is 13.2 Å². The number of rotatable bonds is 2. The third kappa shape index (κ3) is 3.94. The molecule has 0 saturated carbocycles. The fourth-order valence-electron chi connectivity index (χ4n) is 2.30. The maximum absolute atomic E-state index is 12.4. The number of hydrogen-bond acceptors (Lipinski definition) is 3. The molecule has 1 amide bonds. The Morgan fingerprint density at radius 3 is 2.29 bits per heavy atom. The lowest BCUT2D eigenvalue weighted by Crippen LogP contribution is -2.26. The van der Waals surface area contributed by atoms with Gasteiger partial charge in [-0.05, 0) is 36.4 Å². The van der Waals surface area contributed by atoms with Crippen LogP contribution >= 0.6 is 23.2 Å². The first kappa shape index (κ1) is 16.9. The van der Waals surface area contributed by atoms with Gasteiger partial charge in [0.25, 0.3) is 5.91 Å². The summed E-state index contributed by atoms with van der Waals surface area (Å²) in [6.45, 7) is 5.21. The van der Waals surface area contributed by atoms with Crippen molar-refractivity contribution >= 4 is 34.8 Å². The topological polar surface area (TPSA) is 47.6 Å². The molecule has 1 heterocycles. The van der Waals surface area contributed by atoms with Crippen molar-refractivity contribution in [3.63, 3.8) is 0 Å². The number of carbonyl (C=O) groups is 1. The molecule has 0 aliphatic carbocycles. The Labute approximate surface area is 150 Å². The van der Waals surface area contributed by atoms with Crippen LogP contribution < -0.4 is 14.8 Å². The quantitative estimate of drug-likeness (QED) is 0.810. The molecule has 4 nitrogen and oxygen atoms in total. The van der Waals surface area contributed by atoms with Crippen molar-refractivity contribution in [2.75, 3.05) is 18.5 Å². The summed E-state index contributed by atoms with van der Waals surface area (Å²) >= 11 is 11.9. The minimum absolute atomic E-state index is 0.0843. The third-order valence-corrected chi connectivity index (χ3v) is 4.00. The summed E-state index contributed by atoms with van der Waals surface area (Å²) in [5.41, 5.74) is 0.915. The Bertz CT molecular complexity index is 770. The van der Waals surface area contributed by atoms with Crippen LogP contribution in [0.15, 0.2) is 36.4 Å². The SMILES string of the molecule is CC1(C)COc2ccc(C(=O)Nc3cc(Cl)cc(Cl)c3)cc2OC1. The van der Waals surface area contributed by atoms with E-state index in [1.54, 1.807) is 36.4 Å². The lowest BCUT2D eigenvalue weighted by atomic mass is 9.97. The predicted molar refractivity (Wildman–Crippen MR) is 95.6 cm³/mol. The van der Waals surface area contributed by atoms with E-state index in [4.69, 9.17) is 32.7 Å². The van der Waals surface area contributed by atoms with Crippen LogP contribution in [0.4, 0.5) is 5.69 Å².